The Morgan fingerprint density at radius 1 is 0.870 bits per heavy atom. The van der Waals surface area contributed by atoms with Crippen molar-refractivity contribution >= 4 is 0 Å². The van der Waals surface area contributed by atoms with Gasteiger partial charge in [-0.05, 0) is 49.3 Å². The first kappa shape index (κ1) is 19.8. The average Bonchev–Trinajstić information content (AvgIpc) is 2.48. The van der Waals surface area contributed by atoms with Crippen LogP contribution in [0.4, 0.5) is 0 Å². The minimum Gasteiger partial charge on any atom is -0.489 e. The molecule has 23 heavy (non-hydrogen) atoms. The van der Waals surface area contributed by atoms with Crippen molar-refractivity contribution in [1.82, 2.24) is 0 Å². The molecule has 0 spiro atoms. The van der Waals surface area contributed by atoms with Gasteiger partial charge in [-0.15, -0.1) is 0 Å². The van der Waals surface area contributed by atoms with Crippen LogP contribution >= 0.6 is 0 Å². The molecule has 132 valence electrons. The van der Waals surface area contributed by atoms with Gasteiger partial charge in [0, 0.05) is 0 Å². The van der Waals surface area contributed by atoms with Crippen molar-refractivity contribution < 1.29 is 19.7 Å². The third-order valence-electron chi connectivity index (χ3n) is 3.44. The fourth-order valence-corrected chi connectivity index (χ4v) is 2.01. The van der Waals surface area contributed by atoms with E-state index in [1.54, 1.807) is 6.92 Å². The summed E-state index contributed by atoms with van der Waals surface area (Å²) in [6, 6.07) is 5.90. The first-order valence-corrected chi connectivity index (χ1v) is 8.54. The normalized spacial score (nSPS) is 14.1. The second-order valence-electron chi connectivity index (χ2n) is 7.04. The highest BCUT2D eigenvalue weighted by atomic mass is 16.5. The van der Waals surface area contributed by atoms with E-state index in [1.807, 2.05) is 18.2 Å². The molecule has 1 aromatic carbocycles. The van der Waals surface area contributed by atoms with Gasteiger partial charge in [0.15, 0.2) is 11.5 Å². The largest absolute Gasteiger partial charge is 0.489 e. The summed E-state index contributed by atoms with van der Waals surface area (Å²) in [5.74, 6) is 2.41. The molecule has 1 aromatic rings. The molecule has 0 aliphatic rings. The van der Waals surface area contributed by atoms with Crippen LogP contribution in [0.1, 0.15) is 46.6 Å². The van der Waals surface area contributed by atoms with Crippen LogP contribution in [0.15, 0.2) is 18.2 Å². The number of rotatable bonds is 10. The standard InChI is InChI=1S/C19H32O4/c1-13(2)11-22-18-9-7-16(6-8-17(21)15(5)20)10-19(18)23-12-14(3)4/h7,9-10,13-15,17,20-21H,6,8,11-12H2,1-5H3. The van der Waals surface area contributed by atoms with Gasteiger partial charge in [0.2, 0.25) is 0 Å². The second-order valence-corrected chi connectivity index (χ2v) is 7.04. The van der Waals surface area contributed by atoms with Gasteiger partial charge in [0.05, 0.1) is 25.4 Å². The Kier molecular flexibility index (Phi) is 8.42. The highest BCUT2D eigenvalue weighted by Gasteiger charge is 2.13. The molecule has 0 aliphatic heterocycles. The van der Waals surface area contributed by atoms with Gasteiger partial charge < -0.3 is 19.7 Å². The van der Waals surface area contributed by atoms with E-state index >= 15 is 0 Å². The summed E-state index contributed by atoms with van der Waals surface area (Å²) in [6.07, 6.45) is -0.200. The lowest BCUT2D eigenvalue weighted by atomic mass is 10.0. The van der Waals surface area contributed by atoms with Crippen molar-refractivity contribution in [1.29, 1.82) is 0 Å². The lowest BCUT2D eigenvalue weighted by molar-refractivity contribution is 0.0265. The molecule has 0 amide bonds. The molecule has 4 heteroatoms. The molecule has 0 bridgehead atoms. The molecule has 2 unspecified atom stereocenters. The predicted octanol–water partition coefficient (Wildman–Crippen LogP) is 3.43. The molecule has 0 aliphatic carbocycles. The van der Waals surface area contributed by atoms with Crippen molar-refractivity contribution in [2.75, 3.05) is 13.2 Å². The molecule has 0 saturated heterocycles. The third-order valence-corrected chi connectivity index (χ3v) is 3.44. The zero-order chi connectivity index (χ0) is 17.4. The lowest BCUT2D eigenvalue weighted by Crippen LogP contribution is -2.22. The zero-order valence-electron chi connectivity index (χ0n) is 15.1. The van der Waals surface area contributed by atoms with E-state index in [1.165, 1.54) is 0 Å². The van der Waals surface area contributed by atoms with E-state index in [0.717, 1.165) is 17.1 Å². The van der Waals surface area contributed by atoms with Crippen LogP contribution in [0.2, 0.25) is 0 Å². The van der Waals surface area contributed by atoms with Gasteiger partial charge in [0.1, 0.15) is 0 Å². The first-order chi connectivity index (χ1) is 10.8. The maximum atomic E-state index is 9.73. The Hall–Kier alpha value is -1.26. The van der Waals surface area contributed by atoms with E-state index in [0.29, 0.717) is 37.9 Å². The number of hydrogen-bond donors (Lipinski definition) is 2. The number of benzene rings is 1. The van der Waals surface area contributed by atoms with Crippen molar-refractivity contribution in [3.63, 3.8) is 0 Å². The molecule has 4 nitrogen and oxygen atoms in total. The van der Waals surface area contributed by atoms with Crippen LogP contribution in [-0.2, 0) is 6.42 Å². The summed E-state index contributed by atoms with van der Waals surface area (Å²) in [5.41, 5.74) is 1.07. The maximum Gasteiger partial charge on any atom is 0.161 e. The minimum absolute atomic E-state index is 0.439. The summed E-state index contributed by atoms with van der Waals surface area (Å²) in [6.45, 7) is 11.3. The molecule has 0 fully saturated rings. The highest BCUT2D eigenvalue weighted by Crippen LogP contribution is 2.30. The summed E-state index contributed by atoms with van der Waals surface area (Å²) in [7, 11) is 0. The van der Waals surface area contributed by atoms with Crippen LogP contribution < -0.4 is 9.47 Å². The smallest absolute Gasteiger partial charge is 0.161 e. The van der Waals surface area contributed by atoms with Crippen LogP contribution in [-0.4, -0.2) is 35.6 Å². The minimum atomic E-state index is -0.708. The summed E-state index contributed by atoms with van der Waals surface area (Å²) >= 11 is 0. The van der Waals surface area contributed by atoms with Crippen LogP contribution in [0.3, 0.4) is 0 Å². The monoisotopic (exact) mass is 324 g/mol. The van der Waals surface area contributed by atoms with Gasteiger partial charge in [-0.3, -0.25) is 0 Å². The number of ether oxygens (including phenoxy) is 2. The first-order valence-electron chi connectivity index (χ1n) is 8.54. The highest BCUT2D eigenvalue weighted by molar-refractivity contribution is 5.43. The maximum absolute atomic E-state index is 9.73. The van der Waals surface area contributed by atoms with E-state index in [9.17, 15) is 10.2 Å². The van der Waals surface area contributed by atoms with Crippen LogP contribution in [0, 0.1) is 11.8 Å². The number of hydrogen-bond acceptors (Lipinski definition) is 4. The number of aryl methyl sites for hydroxylation is 1. The number of aliphatic hydroxyl groups is 2. The summed E-state index contributed by atoms with van der Waals surface area (Å²) in [5, 5.41) is 19.1. The molecule has 0 heterocycles. The summed E-state index contributed by atoms with van der Waals surface area (Å²) < 4.78 is 11.7. The predicted molar refractivity (Wildman–Crippen MR) is 93.1 cm³/mol. The number of aliphatic hydroxyl groups excluding tert-OH is 2. The SMILES string of the molecule is CC(C)COc1ccc(CCC(O)C(C)O)cc1OCC(C)C. The van der Waals surface area contributed by atoms with E-state index in [2.05, 4.69) is 27.7 Å². The van der Waals surface area contributed by atoms with Crippen LogP contribution in [0.5, 0.6) is 11.5 Å². The molecule has 0 saturated carbocycles. The quantitative estimate of drug-likeness (QED) is 0.692. The van der Waals surface area contributed by atoms with Gasteiger partial charge in [-0.25, -0.2) is 0 Å². The molecule has 0 radical (unpaired) electrons. The summed E-state index contributed by atoms with van der Waals surface area (Å²) in [4.78, 5) is 0. The molecular formula is C19H32O4. The molecule has 0 aromatic heterocycles. The van der Waals surface area contributed by atoms with Crippen molar-refractivity contribution in [3.05, 3.63) is 23.8 Å². The third kappa shape index (κ3) is 7.71. The Morgan fingerprint density at radius 2 is 1.43 bits per heavy atom. The fourth-order valence-electron chi connectivity index (χ4n) is 2.01. The fraction of sp³-hybridized carbons (Fsp3) is 0.684. The van der Waals surface area contributed by atoms with Gasteiger partial charge >= 0.3 is 0 Å². The van der Waals surface area contributed by atoms with Crippen molar-refractivity contribution in [2.45, 2.75) is 59.7 Å². The molecular weight excluding hydrogens is 292 g/mol. The molecule has 2 N–H and O–H groups in total. The van der Waals surface area contributed by atoms with Gasteiger partial charge in [-0.2, -0.15) is 0 Å². The Bertz CT molecular complexity index is 455. The molecule has 1 rings (SSSR count). The van der Waals surface area contributed by atoms with Crippen LogP contribution in [0.25, 0.3) is 0 Å². The topological polar surface area (TPSA) is 58.9 Å². The van der Waals surface area contributed by atoms with E-state index < -0.39 is 12.2 Å². The van der Waals surface area contributed by atoms with E-state index in [4.69, 9.17) is 9.47 Å². The Labute approximate surface area is 140 Å². The van der Waals surface area contributed by atoms with E-state index in [-0.39, 0.29) is 0 Å². The van der Waals surface area contributed by atoms with Crippen molar-refractivity contribution in [2.24, 2.45) is 11.8 Å². The second kappa shape index (κ2) is 9.78. The molecule has 2 atom stereocenters. The Balaban J connectivity index is 2.78. The van der Waals surface area contributed by atoms with Crippen molar-refractivity contribution in [3.8, 4) is 11.5 Å². The zero-order valence-corrected chi connectivity index (χ0v) is 15.1. The average molecular weight is 324 g/mol. The van der Waals surface area contributed by atoms with Gasteiger partial charge in [-0.1, -0.05) is 33.8 Å². The Morgan fingerprint density at radius 3 is 1.96 bits per heavy atom. The van der Waals surface area contributed by atoms with Gasteiger partial charge in [0.25, 0.3) is 0 Å². The lowest BCUT2D eigenvalue weighted by Gasteiger charge is -2.17.